The Morgan fingerprint density at radius 3 is 2.60 bits per heavy atom. The minimum Gasteiger partial charge on any atom is -0.492 e. The second kappa shape index (κ2) is 6.01. The Kier molecular flexibility index (Phi) is 4.55. The van der Waals surface area contributed by atoms with Gasteiger partial charge in [-0.1, -0.05) is 6.92 Å². The Balaban J connectivity index is 2.37. The third-order valence-electron chi connectivity index (χ3n) is 3.40. The number of benzene rings is 1. The predicted octanol–water partition coefficient (Wildman–Crippen LogP) is 2.09. The van der Waals surface area contributed by atoms with Gasteiger partial charge in [-0.25, -0.2) is 8.42 Å². The average molecular weight is 298 g/mol. The molecule has 0 heterocycles. The van der Waals surface area contributed by atoms with Gasteiger partial charge in [0.15, 0.2) is 0 Å². The lowest BCUT2D eigenvalue weighted by atomic mass is 10.3. The van der Waals surface area contributed by atoms with E-state index in [1.165, 1.54) is 10.4 Å². The fourth-order valence-corrected chi connectivity index (χ4v) is 3.82. The highest BCUT2D eigenvalue weighted by molar-refractivity contribution is 7.89. The van der Waals surface area contributed by atoms with E-state index in [1.54, 1.807) is 12.1 Å². The maximum atomic E-state index is 12.8. The number of nitrogens with zero attached hydrogens (tertiary/aromatic N) is 1. The molecule has 0 amide bonds. The summed E-state index contributed by atoms with van der Waals surface area (Å²) >= 11 is 0. The SMILES string of the molecule is CCOc1ccc(N)cc1S(=O)(=O)N(CC)CC1CC1. The van der Waals surface area contributed by atoms with Crippen molar-refractivity contribution >= 4 is 15.7 Å². The fourth-order valence-electron chi connectivity index (χ4n) is 2.13. The van der Waals surface area contributed by atoms with Gasteiger partial charge < -0.3 is 10.5 Å². The van der Waals surface area contributed by atoms with E-state index >= 15 is 0 Å². The van der Waals surface area contributed by atoms with Crippen molar-refractivity contribution < 1.29 is 13.2 Å². The summed E-state index contributed by atoms with van der Waals surface area (Å²) in [4.78, 5) is 0.168. The Bertz CT molecular complexity index is 568. The number of hydrogen-bond acceptors (Lipinski definition) is 4. The second-order valence-electron chi connectivity index (χ2n) is 5.04. The van der Waals surface area contributed by atoms with Crippen molar-refractivity contribution in [3.63, 3.8) is 0 Å². The Hall–Kier alpha value is -1.27. The van der Waals surface area contributed by atoms with Gasteiger partial charge in [-0.15, -0.1) is 0 Å². The van der Waals surface area contributed by atoms with E-state index in [9.17, 15) is 8.42 Å². The number of anilines is 1. The van der Waals surface area contributed by atoms with Gasteiger partial charge in [0.1, 0.15) is 10.6 Å². The summed E-state index contributed by atoms with van der Waals surface area (Å²) in [6, 6.07) is 4.76. The maximum absolute atomic E-state index is 12.8. The summed E-state index contributed by atoms with van der Waals surface area (Å²) in [7, 11) is -3.55. The van der Waals surface area contributed by atoms with Crippen molar-refractivity contribution in [3.05, 3.63) is 18.2 Å². The summed E-state index contributed by atoms with van der Waals surface area (Å²) in [5.74, 6) is 0.872. The zero-order chi connectivity index (χ0) is 14.8. The third kappa shape index (κ3) is 3.24. The zero-order valence-electron chi connectivity index (χ0n) is 12.0. The van der Waals surface area contributed by atoms with Crippen LogP contribution in [0, 0.1) is 5.92 Å². The van der Waals surface area contributed by atoms with Crippen LogP contribution in [-0.4, -0.2) is 32.4 Å². The number of rotatable bonds is 7. The molecule has 1 aliphatic carbocycles. The van der Waals surface area contributed by atoms with E-state index in [-0.39, 0.29) is 4.90 Å². The molecular formula is C14H22N2O3S. The lowest BCUT2D eigenvalue weighted by Gasteiger charge is -2.22. The molecule has 1 aliphatic rings. The van der Waals surface area contributed by atoms with Gasteiger partial charge in [-0.2, -0.15) is 4.31 Å². The van der Waals surface area contributed by atoms with E-state index in [2.05, 4.69) is 0 Å². The molecular weight excluding hydrogens is 276 g/mol. The molecule has 0 unspecified atom stereocenters. The lowest BCUT2D eigenvalue weighted by Crippen LogP contribution is -2.33. The Morgan fingerprint density at radius 2 is 2.05 bits per heavy atom. The summed E-state index contributed by atoms with van der Waals surface area (Å²) in [6.07, 6.45) is 2.22. The fraction of sp³-hybridized carbons (Fsp3) is 0.571. The normalized spacial score (nSPS) is 15.6. The first-order chi connectivity index (χ1) is 9.48. The number of nitrogens with two attached hydrogens (primary N) is 1. The highest BCUT2D eigenvalue weighted by Gasteiger charge is 2.32. The van der Waals surface area contributed by atoms with Gasteiger partial charge in [0.25, 0.3) is 0 Å². The largest absolute Gasteiger partial charge is 0.492 e. The van der Waals surface area contributed by atoms with E-state index < -0.39 is 10.0 Å². The molecule has 6 heteroatoms. The first-order valence-corrected chi connectivity index (χ1v) is 8.45. The van der Waals surface area contributed by atoms with Crippen LogP contribution >= 0.6 is 0 Å². The molecule has 2 rings (SSSR count). The van der Waals surface area contributed by atoms with Crippen molar-refractivity contribution in [3.8, 4) is 5.75 Å². The molecule has 1 fully saturated rings. The van der Waals surface area contributed by atoms with Gasteiger partial charge in [0.2, 0.25) is 10.0 Å². The van der Waals surface area contributed by atoms with Gasteiger partial charge in [-0.3, -0.25) is 0 Å². The molecule has 0 radical (unpaired) electrons. The van der Waals surface area contributed by atoms with Crippen molar-refractivity contribution in [2.24, 2.45) is 5.92 Å². The van der Waals surface area contributed by atoms with Crippen LogP contribution in [0.1, 0.15) is 26.7 Å². The molecule has 0 saturated heterocycles. The molecule has 0 aromatic heterocycles. The molecule has 1 saturated carbocycles. The van der Waals surface area contributed by atoms with Crippen LogP contribution in [-0.2, 0) is 10.0 Å². The van der Waals surface area contributed by atoms with Crippen LogP contribution < -0.4 is 10.5 Å². The van der Waals surface area contributed by atoms with E-state index in [0.717, 1.165) is 12.8 Å². The van der Waals surface area contributed by atoms with Crippen LogP contribution in [0.2, 0.25) is 0 Å². The number of nitrogen functional groups attached to an aromatic ring is 1. The molecule has 0 bridgehead atoms. The molecule has 0 atom stereocenters. The zero-order valence-corrected chi connectivity index (χ0v) is 12.8. The standard InChI is InChI=1S/C14H22N2O3S/c1-3-16(10-11-5-6-11)20(17,18)14-9-12(15)7-8-13(14)19-4-2/h7-9,11H,3-6,10,15H2,1-2H3. The monoisotopic (exact) mass is 298 g/mol. The van der Waals surface area contributed by atoms with Crippen LogP contribution in [0.15, 0.2) is 23.1 Å². The lowest BCUT2D eigenvalue weighted by molar-refractivity contribution is 0.328. The molecule has 0 spiro atoms. The summed E-state index contributed by atoms with van der Waals surface area (Å²) < 4.78 is 32.5. The topological polar surface area (TPSA) is 72.6 Å². The van der Waals surface area contributed by atoms with Crippen molar-refractivity contribution in [1.82, 2.24) is 4.31 Å². The van der Waals surface area contributed by atoms with Gasteiger partial charge in [0.05, 0.1) is 6.61 Å². The minimum atomic E-state index is -3.55. The molecule has 0 aliphatic heterocycles. The third-order valence-corrected chi connectivity index (χ3v) is 5.36. The molecule has 1 aromatic rings. The first-order valence-electron chi connectivity index (χ1n) is 7.01. The quantitative estimate of drug-likeness (QED) is 0.782. The van der Waals surface area contributed by atoms with Crippen molar-refractivity contribution in [2.75, 3.05) is 25.4 Å². The molecule has 5 nitrogen and oxygen atoms in total. The Labute approximate surface area is 120 Å². The van der Waals surface area contributed by atoms with E-state index in [0.29, 0.717) is 37.1 Å². The maximum Gasteiger partial charge on any atom is 0.246 e. The Morgan fingerprint density at radius 1 is 1.35 bits per heavy atom. The summed E-state index contributed by atoms with van der Waals surface area (Å²) in [5, 5.41) is 0. The number of sulfonamides is 1. The first kappa shape index (κ1) is 15.1. The van der Waals surface area contributed by atoms with Crippen molar-refractivity contribution in [1.29, 1.82) is 0 Å². The predicted molar refractivity (Wildman–Crippen MR) is 79.2 cm³/mol. The smallest absolute Gasteiger partial charge is 0.246 e. The summed E-state index contributed by atoms with van der Waals surface area (Å²) in [5.41, 5.74) is 6.16. The molecule has 20 heavy (non-hydrogen) atoms. The number of hydrogen-bond donors (Lipinski definition) is 1. The highest BCUT2D eigenvalue weighted by atomic mass is 32.2. The summed E-state index contributed by atoms with van der Waals surface area (Å²) in [6.45, 7) is 5.14. The van der Waals surface area contributed by atoms with Gasteiger partial charge >= 0.3 is 0 Å². The van der Waals surface area contributed by atoms with Crippen molar-refractivity contribution in [2.45, 2.75) is 31.6 Å². The van der Waals surface area contributed by atoms with E-state index in [1.807, 2.05) is 13.8 Å². The highest BCUT2D eigenvalue weighted by Crippen LogP contribution is 2.34. The van der Waals surface area contributed by atoms with Crippen LogP contribution in [0.5, 0.6) is 5.75 Å². The van der Waals surface area contributed by atoms with Gasteiger partial charge in [-0.05, 0) is 43.9 Å². The average Bonchev–Trinajstić information content (AvgIpc) is 3.22. The minimum absolute atomic E-state index is 0.168. The number of ether oxygens (including phenoxy) is 1. The van der Waals surface area contributed by atoms with Crippen LogP contribution in [0.4, 0.5) is 5.69 Å². The van der Waals surface area contributed by atoms with Gasteiger partial charge in [0, 0.05) is 18.8 Å². The molecule has 112 valence electrons. The molecule has 1 aromatic carbocycles. The van der Waals surface area contributed by atoms with E-state index in [4.69, 9.17) is 10.5 Å². The molecule has 2 N–H and O–H groups in total. The second-order valence-corrected chi connectivity index (χ2v) is 6.94. The van der Waals surface area contributed by atoms with Crippen LogP contribution in [0.3, 0.4) is 0 Å². The van der Waals surface area contributed by atoms with Crippen LogP contribution in [0.25, 0.3) is 0 Å².